The lowest BCUT2D eigenvalue weighted by atomic mass is 10.3. The Balaban J connectivity index is 2.29. The molecule has 0 amide bonds. The van der Waals surface area contributed by atoms with Gasteiger partial charge in [0.25, 0.3) is 5.56 Å². The molecule has 8 heteroatoms. The minimum absolute atomic E-state index is 0.183. The third kappa shape index (κ3) is 2.24. The molecule has 108 valence electrons. The Morgan fingerprint density at radius 2 is 2.10 bits per heavy atom. The SMILES string of the molecule is CCCn1c(=O)[nH]c(=O)c2[nH]c(-c3cncc(F)c3)nc21. The van der Waals surface area contributed by atoms with Crippen molar-refractivity contribution in [2.45, 2.75) is 19.9 Å². The van der Waals surface area contributed by atoms with E-state index in [0.29, 0.717) is 18.5 Å². The first-order chi connectivity index (χ1) is 10.1. The van der Waals surface area contributed by atoms with Gasteiger partial charge in [-0.05, 0) is 12.5 Å². The molecule has 21 heavy (non-hydrogen) atoms. The molecule has 0 aliphatic heterocycles. The van der Waals surface area contributed by atoms with E-state index in [-0.39, 0.29) is 17.0 Å². The van der Waals surface area contributed by atoms with Crippen molar-refractivity contribution in [1.29, 1.82) is 0 Å². The van der Waals surface area contributed by atoms with E-state index < -0.39 is 17.1 Å². The number of nitrogens with one attached hydrogen (secondary N) is 2. The molecule has 2 N–H and O–H groups in total. The van der Waals surface area contributed by atoms with Gasteiger partial charge >= 0.3 is 5.69 Å². The summed E-state index contributed by atoms with van der Waals surface area (Å²) in [4.78, 5) is 36.7. The zero-order valence-electron chi connectivity index (χ0n) is 11.2. The molecule has 0 unspecified atom stereocenters. The molecular weight excluding hydrogens is 277 g/mol. The van der Waals surface area contributed by atoms with Gasteiger partial charge in [0.2, 0.25) is 0 Å². The highest BCUT2D eigenvalue weighted by atomic mass is 19.1. The molecule has 3 aromatic rings. The lowest BCUT2D eigenvalue weighted by molar-refractivity contribution is 0.622. The minimum atomic E-state index is -0.550. The van der Waals surface area contributed by atoms with Crippen LogP contribution < -0.4 is 11.2 Å². The molecule has 3 heterocycles. The number of hydrogen-bond acceptors (Lipinski definition) is 4. The quantitative estimate of drug-likeness (QED) is 0.752. The van der Waals surface area contributed by atoms with Crippen molar-refractivity contribution >= 4 is 11.2 Å². The maximum atomic E-state index is 13.2. The summed E-state index contributed by atoms with van der Waals surface area (Å²) in [6.45, 7) is 2.34. The number of aryl methyl sites for hydroxylation is 1. The van der Waals surface area contributed by atoms with Crippen LogP contribution >= 0.6 is 0 Å². The summed E-state index contributed by atoms with van der Waals surface area (Å²) in [5.41, 5.74) is -0.219. The Morgan fingerprint density at radius 3 is 2.81 bits per heavy atom. The van der Waals surface area contributed by atoms with Crippen molar-refractivity contribution in [1.82, 2.24) is 24.5 Å². The van der Waals surface area contributed by atoms with Crippen molar-refractivity contribution in [2.75, 3.05) is 0 Å². The third-order valence-corrected chi connectivity index (χ3v) is 3.06. The summed E-state index contributed by atoms with van der Waals surface area (Å²) in [6, 6.07) is 1.25. The van der Waals surface area contributed by atoms with Crippen LogP contribution in [0.1, 0.15) is 13.3 Å². The highest BCUT2D eigenvalue weighted by molar-refractivity contribution is 5.75. The molecule has 0 radical (unpaired) electrons. The number of halogens is 1. The molecule has 0 saturated carbocycles. The Bertz CT molecular complexity index is 924. The number of aromatic amines is 2. The first kappa shape index (κ1) is 13.2. The molecule has 0 aromatic carbocycles. The molecule has 7 nitrogen and oxygen atoms in total. The van der Waals surface area contributed by atoms with Crippen LogP contribution in [0, 0.1) is 5.82 Å². The van der Waals surface area contributed by atoms with Crippen LogP contribution in [0.5, 0.6) is 0 Å². The van der Waals surface area contributed by atoms with Crippen molar-refractivity contribution in [3.63, 3.8) is 0 Å². The van der Waals surface area contributed by atoms with Crippen molar-refractivity contribution in [3.05, 3.63) is 45.1 Å². The van der Waals surface area contributed by atoms with Crippen molar-refractivity contribution in [2.24, 2.45) is 0 Å². The smallest absolute Gasteiger partial charge is 0.330 e. The topological polar surface area (TPSA) is 96.4 Å². The van der Waals surface area contributed by atoms with Gasteiger partial charge < -0.3 is 4.98 Å². The highest BCUT2D eigenvalue weighted by Gasteiger charge is 2.14. The first-order valence-corrected chi connectivity index (χ1v) is 6.44. The monoisotopic (exact) mass is 289 g/mol. The molecule has 3 rings (SSSR count). The van der Waals surface area contributed by atoms with Gasteiger partial charge in [-0.2, -0.15) is 0 Å². The largest absolute Gasteiger partial charge is 0.332 e. The molecule has 0 aliphatic carbocycles. The summed E-state index contributed by atoms with van der Waals surface area (Å²) in [6.07, 6.45) is 3.22. The summed E-state index contributed by atoms with van der Waals surface area (Å²) in [5, 5.41) is 0. The first-order valence-electron chi connectivity index (χ1n) is 6.44. The van der Waals surface area contributed by atoms with E-state index in [4.69, 9.17) is 0 Å². The van der Waals surface area contributed by atoms with Crippen LogP contribution in [0.15, 0.2) is 28.0 Å². The maximum Gasteiger partial charge on any atom is 0.330 e. The number of aromatic nitrogens is 5. The lowest BCUT2D eigenvalue weighted by Crippen LogP contribution is -2.30. The fourth-order valence-corrected chi connectivity index (χ4v) is 2.15. The Morgan fingerprint density at radius 1 is 1.29 bits per heavy atom. The summed E-state index contributed by atoms with van der Waals surface area (Å²) in [7, 11) is 0. The molecule has 0 saturated heterocycles. The second-order valence-electron chi connectivity index (χ2n) is 4.59. The molecule has 0 atom stereocenters. The van der Waals surface area contributed by atoms with Crippen LogP contribution in [0.2, 0.25) is 0 Å². The molecule has 0 aliphatic rings. The van der Waals surface area contributed by atoms with Gasteiger partial charge in [0.1, 0.15) is 17.2 Å². The highest BCUT2D eigenvalue weighted by Crippen LogP contribution is 2.17. The second kappa shape index (κ2) is 4.97. The Kier molecular flexibility index (Phi) is 3.13. The van der Waals surface area contributed by atoms with E-state index in [1.165, 1.54) is 16.8 Å². The number of hydrogen-bond donors (Lipinski definition) is 2. The molecule has 0 spiro atoms. The zero-order chi connectivity index (χ0) is 15.0. The van der Waals surface area contributed by atoms with Crippen LogP contribution in [-0.4, -0.2) is 24.5 Å². The fraction of sp³-hybridized carbons (Fsp3) is 0.231. The van der Waals surface area contributed by atoms with Crippen LogP contribution in [-0.2, 0) is 6.54 Å². The predicted octanol–water partition coefficient (Wildman–Crippen LogP) is 1.02. The molecule has 0 fully saturated rings. The Hall–Kier alpha value is -2.77. The van der Waals surface area contributed by atoms with Gasteiger partial charge in [-0.25, -0.2) is 14.2 Å². The Labute approximate surface area is 117 Å². The molecular formula is C13H12FN5O2. The number of pyridine rings is 1. The number of H-pyrrole nitrogens is 2. The van der Waals surface area contributed by atoms with Gasteiger partial charge in [0.05, 0.1) is 6.20 Å². The summed E-state index contributed by atoms with van der Waals surface area (Å²) >= 11 is 0. The van der Waals surface area contributed by atoms with Gasteiger partial charge in [0, 0.05) is 18.3 Å². The number of rotatable bonds is 3. The summed E-state index contributed by atoms with van der Waals surface area (Å²) < 4.78 is 14.6. The average molecular weight is 289 g/mol. The number of imidazole rings is 1. The van der Waals surface area contributed by atoms with Crippen LogP contribution in [0.25, 0.3) is 22.6 Å². The predicted molar refractivity (Wildman–Crippen MR) is 74.5 cm³/mol. The standard InChI is InChI=1S/C13H12FN5O2/c1-2-3-19-11-9(12(20)18-13(19)21)16-10(17-11)7-4-8(14)6-15-5-7/h4-6H,2-3H2,1H3,(H,16,17)(H,18,20,21). The minimum Gasteiger partial charge on any atom is -0.332 e. The van der Waals surface area contributed by atoms with Crippen LogP contribution in [0.3, 0.4) is 0 Å². The van der Waals surface area contributed by atoms with E-state index >= 15 is 0 Å². The normalized spacial score (nSPS) is 11.1. The maximum absolute atomic E-state index is 13.2. The van der Waals surface area contributed by atoms with Gasteiger partial charge in [-0.3, -0.25) is 19.3 Å². The molecule has 3 aromatic heterocycles. The summed E-state index contributed by atoms with van der Waals surface area (Å²) in [5.74, 6) is -0.217. The third-order valence-electron chi connectivity index (χ3n) is 3.06. The number of fused-ring (bicyclic) bond motifs is 1. The van der Waals surface area contributed by atoms with E-state index in [9.17, 15) is 14.0 Å². The van der Waals surface area contributed by atoms with E-state index in [1.54, 1.807) is 0 Å². The number of nitrogens with zero attached hydrogens (tertiary/aromatic N) is 3. The lowest BCUT2D eigenvalue weighted by Gasteiger charge is -2.02. The van der Waals surface area contributed by atoms with E-state index in [2.05, 4.69) is 19.9 Å². The van der Waals surface area contributed by atoms with Gasteiger partial charge in [-0.15, -0.1) is 0 Å². The van der Waals surface area contributed by atoms with Gasteiger partial charge in [-0.1, -0.05) is 6.92 Å². The van der Waals surface area contributed by atoms with E-state index in [1.807, 2.05) is 6.92 Å². The van der Waals surface area contributed by atoms with E-state index in [0.717, 1.165) is 6.20 Å². The van der Waals surface area contributed by atoms with Crippen molar-refractivity contribution in [3.8, 4) is 11.4 Å². The van der Waals surface area contributed by atoms with Crippen LogP contribution in [0.4, 0.5) is 4.39 Å². The second-order valence-corrected chi connectivity index (χ2v) is 4.59. The van der Waals surface area contributed by atoms with Crippen molar-refractivity contribution < 1.29 is 4.39 Å². The fourth-order valence-electron chi connectivity index (χ4n) is 2.15. The van der Waals surface area contributed by atoms with Gasteiger partial charge in [0.15, 0.2) is 5.65 Å². The zero-order valence-corrected chi connectivity index (χ0v) is 11.2. The average Bonchev–Trinajstić information content (AvgIpc) is 2.89. The molecule has 0 bridgehead atoms.